The van der Waals surface area contributed by atoms with E-state index in [0.29, 0.717) is 12.4 Å². The summed E-state index contributed by atoms with van der Waals surface area (Å²) in [7, 11) is -3.26. The summed E-state index contributed by atoms with van der Waals surface area (Å²) in [5, 5.41) is 21.0. The van der Waals surface area contributed by atoms with Gasteiger partial charge in [-0.15, -0.1) is 0 Å². The Morgan fingerprint density at radius 3 is 2.47 bits per heavy atom. The molecule has 8 nitrogen and oxygen atoms in total. The van der Waals surface area contributed by atoms with Gasteiger partial charge in [0.15, 0.2) is 9.84 Å². The summed E-state index contributed by atoms with van der Waals surface area (Å²) in [4.78, 5) is 9.50. The van der Waals surface area contributed by atoms with Crippen LogP contribution in [0.1, 0.15) is 19.4 Å². The quantitative estimate of drug-likeness (QED) is 0.341. The Hall–Kier alpha value is -3.82. The molecular weight excluding hydrogens is 474 g/mol. The second-order valence-electron chi connectivity index (χ2n) is 9.68. The van der Waals surface area contributed by atoms with Crippen LogP contribution in [0.3, 0.4) is 0 Å². The van der Waals surface area contributed by atoms with E-state index < -0.39 is 15.4 Å². The third kappa shape index (κ3) is 4.80. The van der Waals surface area contributed by atoms with E-state index in [1.165, 1.54) is 6.26 Å². The van der Waals surface area contributed by atoms with Crippen LogP contribution in [0.5, 0.6) is 0 Å². The second-order valence-corrected chi connectivity index (χ2v) is 11.7. The molecule has 0 fully saturated rings. The molecule has 2 N–H and O–H groups in total. The Labute approximate surface area is 209 Å². The molecule has 184 valence electrons. The number of aromatic nitrogens is 4. The Kier molecular flexibility index (Phi) is 5.77. The summed E-state index contributed by atoms with van der Waals surface area (Å²) < 4.78 is 25.3. The number of aliphatic hydroxyl groups is 1. The average Bonchev–Trinajstić information content (AvgIpc) is 3.21. The molecule has 0 saturated carbocycles. The van der Waals surface area contributed by atoms with Crippen LogP contribution in [0.2, 0.25) is 0 Å². The molecule has 0 aliphatic heterocycles. The highest BCUT2D eigenvalue weighted by atomic mass is 32.2. The zero-order valence-electron chi connectivity index (χ0n) is 20.5. The number of nitrogens with zero attached hydrogens (tertiary/aromatic N) is 4. The number of hydrogen-bond acceptors (Lipinski definition) is 7. The highest BCUT2D eigenvalue weighted by molar-refractivity contribution is 7.90. The Morgan fingerprint density at radius 1 is 1.03 bits per heavy atom. The van der Waals surface area contributed by atoms with Crippen LogP contribution in [0.15, 0.2) is 72.0 Å². The van der Waals surface area contributed by atoms with Crippen LogP contribution >= 0.6 is 0 Å². The van der Waals surface area contributed by atoms with Crippen molar-refractivity contribution in [1.29, 1.82) is 0 Å². The molecule has 0 saturated heterocycles. The summed E-state index contributed by atoms with van der Waals surface area (Å²) in [5.41, 5.74) is 3.61. The Balaban J connectivity index is 1.54. The first-order valence-corrected chi connectivity index (χ1v) is 13.4. The van der Waals surface area contributed by atoms with Crippen LogP contribution in [-0.2, 0) is 16.4 Å². The van der Waals surface area contributed by atoms with Crippen LogP contribution < -0.4 is 5.32 Å². The molecule has 5 aromatic rings. The zero-order chi connectivity index (χ0) is 25.7. The van der Waals surface area contributed by atoms with E-state index in [9.17, 15) is 13.5 Å². The van der Waals surface area contributed by atoms with Crippen molar-refractivity contribution in [3.63, 3.8) is 0 Å². The molecule has 0 aliphatic carbocycles. The van der Waals surface area contributed by atoms with E-state index >= 15 is 0 Å². The van der Waals surface area contributed by atoms with E-state index in [0.717, 1.165) is 44.2 Å². The standard InChI is InChI=1S/C27H27N5O3S/c1-17-21(9-10-24-23(17)15-32(31-24)16-27(2,3)33)26-22-13-25(29-14-18(22)11-12-28-26)30-19-5-7-20(8-6-19)36(4,34)35/h5-15,33H,16H2,1-4H3,(H,29,30). The SMILES string of the molecule is Cc1c(-c2nccc3cnc(Nc4ccc(S(C)(=O)=O)cc4)cc23)ccc2nn(CC(C)(C)O)cc12. The van der Waals surface area contributed by atoms with E-state index in [2.05, 4.69) is 22.3 Å². The number of nitrogens with one attached hydrogen (secondary N) is 1. The van der Waals surface area contributed by atoms with Crippen LogP contribution in [0.4, 0.5) is 11.5 Å². The molecule has 2 aromatic carbocycles. The number of hydrogen-bond donors (Lipinski definition) is 2. The minimum Gasteiger partial charge on any atom is -0.389 e. The van der Waals surface area contributed by atoms with E-state index in [1.807, 2.05) is 30.5 Å². The molecule has 0 aliphatic rings. The molecule has 0 atom stereocenters. The van der Waals surface area contributed by atoms with Gasteiger partial charge in [0.2, 0.25) is 0 Å². The van der Waals surface area contributed by atoms with Crippen molar-refractivity contribution in [1.82, 2.24) is 19.7 Å². The van der Waals surface area contributed by atoms with E-state index in [1.54, 1.807) is 55.2 Å². The first-order valence-electron chi connectivity index (χ1n) is 11.5. The van der Waals surface area contributed by atoms with Gasteiger partial charge < -0.3 is 10.4 Å². The summed E-state index contributed by atoms with van der Waals surface area (Å²) in [6.45, 7) is 5.97. The number of rotatable bonds is 6. The fraction of sp³-hybridized carbons (Fsp3) is 0.222. The van der Waals surface area contributed by atoms with Gasteiger partial charge in [0.25, 0.3) is 0 Å². The molecule has 5 rings (SSSR count). The molecule has 0 amide bonds. The third-order valence-corrected chi connectivity index (χ3v) is 7.14. The maximum Gasteiger partial charge on any atom is 0.175 e. The zero-order valence-corrected chi connectivity index (χ0v) is 21.3. The maximum absolute atomic E-state index is 11.7. The van der Waals surface area contributed by atoms with Gasteiger partial charge in [-0.3, -0.25) is 9.67 Å². The topological polar surface area (TPSA) is 110 Å². The van der Waals surface area contributed by atoms with Crippen molar-refractivity contribution in [3.05, 3.63) is 72.7 Å². The summed E-state index contributed by atoms with van der Waals surface area (Å²) in [5.74, 6) is 0.626. The van der Waals surface area contributed by atoms with E-state index in [-0.39, 0.29) is 4.90 Å². The van der Waals surface area contributed by atoms with Gasteiger partial charge in [0, 0.05) is 52.3 Å². The monoisotopic (exact) mass is 501 g/mol. The fourth-order valence-electron chi connectivity index (χ4n) is 4.30. The molecule has 3 aromatic heterocycles. The number of sulfone groups is 1. The number of pyridine rings is 2. The molecule has 0 unspecified atom stereocenters. The Morgan fingerprint density at radius 2 is 1.78 bits per heavy atom. The van der Waals surface area contributed by atoms with Crippen LogP contribution in [0.25, 0.3) is 32.9 Å². The summed E-state index contributed by atoms with van der Waals surface area (Å²) in [6, 6.07) is 14.5. The molecule has 36 heavy (non-hydrogen) atoms. The largest absolute Gasteiger partial charge is 0.389 e. The summed E-state index contributed by atoms with van der Waals surface area (Å²) in [6.07, 6.45) is 6.72. The molecule has 9 heteroatoms. The number of fused-ring (bicyclic) bond motifs is 2. The highest BCUT2D eigenvalue weighted by Crippen LogP contribution is 2.33. The third-order valence-electron chi connectivity index (χ3n) is 6.01. The van der Waals surface area contributed by atoms with Gasteiger partial charge in [-0.1, -0.05) is 6.07 Å². The Bertz CT molecular complexity index is 1700. The molecule has 0 bridgehead atoms. The number of aryl methyl sites for hydroxylation is 1. The minimum atomic E-state index is -3.26. The second kappa shape index (κ2) is 8.69. The van der Waals surface area contributed by atoms with Crippen molar-refractivity contribution >= 4 is 43.0 Å². The lowest BCUT2D eigenvalue weighted by Gasteiger charge is -2.16. The van der Waals surface area contributed by atoms with Crippen molar-refractivity contribution in [2.45, 2.75) is 37.8 Å². The normalized spacial score (nSPS) is 12.4. The molecule has 0 spiro atoms. The van der Waals surface area contributed by atoms with Gasteiger partial charge in [-0.05, 0) is 68.8 Å². The molecule has 3 heterocycles. The van der Waals surface area contributed by atoms with E-state index in [4.69, 9.17) is 4.98 Å². The van der Waals surface area contributed by atoms with Crippen molar-refractivity contribution in [3.8, 4) is 11.3 Å². The molecular formula is C27H27N5O3S. The van der Waals surface area contributed by atoms with Gasteiger partial charge in [-0.2, -0.15) is 5.10 Å². The van der Waals surface area contributed by atoms with Crippen molar-refractivity contribution in [2.75, 3.05) is 11.6 Å². The summed E-state index contributed by atoms with van der Waals surface area (Å²) >= 11 is 0. The molecule has 0 radical (unpaired) electrons. The lowest BCUT2D eigenvalue weighted by molar-refractivity contribution is 0.0580. The van der Waals surface area contributed by atoms with Crippen molar-refractivity contribution in [2.24, 2.45) is 0 Å². The fourth-order valence-corrected chi connectivity index (χ4v) is 4.93. The number of benzene rings is 2. The predicted octanol–water partition coefficient (Wildman–Crippen LogP) is 4.87. The maximum atomic E-state index is 11.7. The predicted molar refractivity (Wildman–Crippen MR) is 142 cm³/mol. The lowest BCUT2D eigenvalue weighted by atomic mass is 9.98. The van der Waals surface area contributed by atoms with Gasteiger partial charge in [0.05, 0.1) is 28.3 Å². The first-order chi connectivity index (χ1) is 17.0. The lowest BCUT2D eigenvalue weighted by Crippen LogP contribution is -2.26. The van der Waals surface area contributed by atoms with Crippen molar-refractivity contribution < 1.29 is 13.5 Å². The average molecular weight is 502 g/mol. The first kappa shape index (κ1) is 23.9. The minimum absolute atomic E-state index is 0.266. The number of anilines is 2. The highest BCUT2D eigenvalue weighted by Gasteiger charge is 2.17. The van der Waals surface area contributed by atoms with Gasteiger partial charge >= 0.3 is 0 Å². The van der Waals surface area contributed by atoms with Gasteiger partial charge in [0.1, 0.15) is 5.82 Å². The van der Waals surface area contributed by atoms with Crippen LogP contribution in [-0.4, -0.2) is 45.1 Å². The smallest absolute Gasteiger partial charge is 0.175 e. The van der Waals surface area contributed by atoms with Gasteiger partial charge in [-0.25, -0.2) is 13.4 Å². The van der Waals surface area contributed by atoms with Crippen LogP contribution in [0, 0.1) is 6.92 Å².